The molecule has 7 nitrogen and oxygen atoms in total. The molecule has 3 unspecified atom stereocenters. The number of aliphatic carboxylic acids is 1. The number of carboxylic acid groups (broad SMARTS) is 1. The Hall–Kier alpha value is -2.12. The molecule has 2 rings (SSSR count). The van der Waals surface area contributed by atoms with E-state index in [4.69, 9.17) is 14.6 Å². The Balaban J connectivity index is 0.00000151. The van der Waals surface area contributed by atoms with Gasteiger partial charge in [-0.2, -0.15) is 0 Å². The maximum Gasteiger partial charge on any atom is 0.519 e. The van der Waals surface area contributed by atoms with Gasteiger partial charge in [-0.15, -0.1) is 0 Å². The van der Waals surface area contributed by atoms with Gasteiger partial charge in [0.1, 0.15) is 0 Å². The van der Waals surface area contributed by atoms with Crippen molar-refractivity contribution in [2.24, 2.45) is 11.7 Å². The van der Waals surface area contributed by atoms with Crippen molar-refractivity contribution in [3.63, 3.8) is 0 Å². The first-order valence-corrected chi connectivity index (χ1v) is 8.49. The minimum absolute atomic E-state index is 0.208. The Morgan fingerprint density at radius 1 is 1.36 bits per heavy atom. The molecule has 3 atom stereocenters. The molecule has 140 valence electrons. The van der Waals surface area contributed by atoms with Gasteiger partial charge in [0.2, 0.25) is 0 Å². The van der Waals surface area contributed by atoms with Crippen molar-refractivity contribution in [3.05, 3.63) is 40.4 Å². The Morgan fingerprint density at radius 3 is 2.48 bits per heavy atom. The van der Waals surface area contributed by atoms with Gasteiger partial charge in [-0.25, -0.2) is 4.79 Å². The molecular weight excluding hydrogens is 324 g/mol. The van der Waals surface area contributed by atoms with Gasteiger partial charge >= 0.3 is 11.8 Å². The van der Waals surface area contributed by atoms with Gasteiger partial charge in [-0.1, -0.05) is 32.1 Å². The molecule has 0 aliphatic heterocycles. The van der Waals surface area contributed by atoms with Crippen LogP contribution in [-0.2, 0) is 11.3 Å². The van der Waals surface area contributed by atoms with Crippen molar-refractivity contribution < 1.29 is 18.7 Å². The summed E-state index contributed by atoms with van der Waals surface area (Å²) in [7, 11) is 1.77. The van der Waals surface area contributed by atoms with Crippen LogP contribution in [0.3, 0.4) is 0 Å². The van der Waals surface area contributed by atoms with Crippen molar-refractivity contribution >= 4 is 11.5 Å². The van der Waals surface area contributed by atoms with Gasteiger partial charge in [0.05, 0.1) is 12.5 Å². The fourth-order valence-corrected chi connectivity index (χ4v) is 3.00. The largest absolute Gasteiger partial charge is 0.519 e. The van der Waals surface area contributed by atoms with Crippen LogP contribution in [0.1, 0.15) is 45.6 Å². The molecule has 1 saturated carbocycles. The van der Waals surface area contributed by atoms with Crippen LogP contribution >= 0.6 is 0 Å². The first kappa shape index (κ1) is 20.9. The Labute approximate surface area is 147 Å². The van der Waals surface area contributed by atoms with Crippen molar-refractivity contribution in [2.75, 3.05) is 7.05 Å². The number of rotatable bonds is 6. The highest BCUT2D eigenvalue weighted by Crippen LogP contribution is 2.32. The second-order valence-corrected chi connectivity index (χ2v) is 5.70. The number of carboxylic acids is 1. The first-order valence-electron chi connectivity index (χ1n) is 8.49. The fourth-order valence-electron chi connectivity index (χ4n) is 3.00. The molecule has 0 saturated heterocycles. The molecule has 0 spiro atoms. The van der Waals surface area contributed by atoms with E-state index in [1.54, 1.807) is 11.9 Å². The van der Waals surface area contributed by atoms with Crippen molar-refractivity contribution in [3.8, 4) is 0 Å². The molecule has 1 aromatic rings. The van der Waals surface area contributed by atoms with E-state index in [9.17, 15) is 14.7 Å². The fraction of sp³-hybridized carbons (Fsp3) is 0.556. The first-order chi connectivity index (χ1) is 11.9. The van der Waals surface area contributed by atoms with Crippen LogP contribution in [0.2, 0.25) is 0 Å². The standard InChI is InChI=1S/C16H22N2O5.C2H6/c1-4-6-9(5-2)14-12(22-16(21)23-14)8-18(3)13-10(15(19)20)7-11(13)17;1-2/h4-6,10-11,13H,7-8,17H2,1-3H3,(H,19,20);1-2H3/b6-4-,9-5+;. The summed E-state index contributed by atoms with van der Waals surface area (Å²) in [6.07, 6.45) is 5.90. The maximum absolute atomic E-state index is 11.5. The lowest BCUT2D eigenvalue weighted by Crippen LogP contribution is -2.62. The lowest BCUT2D eigenvalue weighted by molar-refractivity contribution is -0.150. The van der Waals surface area contributed by atoms with Gasteiger partial charge in [0.25, 0.3) is 0 Å². The molecule has 25 heavy (non-hydrogen) atoms. The average Bonchev–Trinajstić information content (AvgIpc) is 2.91. The number of hydrogen-bond donors (Lipinski definition) is 2. The van der Waals surface area contributed by atoms with Gasteiger partial charge in [0.15, 0.2) is 11.5 Å². The zero-order valence-electron chi connectivity index (χ0n) is 15.5. The molecule has 0 amide bonds. The molecule has 0 bridgehead atoms. The van der Waals surface area contributed by atoms with Crippen molar-refractivity contribution in [1.82, 2.24) is 4.90 Å². The minimum atomic E-state index is -0.861. The van der Waals surface area contributed by atoms with Crippen LogP contribution in [0.4, 0.5) is 0 Å². The SMILES string of the molecule is C/C=C\C(=C/C)c1oc(=O)oc1CN(C)C1C(N)CC1C(=O)O.CC. The van der Waals surface area contributed by atoms with E-state index >= 15 is 0 Å². The number of hydrogen-bond acceptors (Lipinski definition) is 6. The van der Waals surface area contributed by atoms with Gasteiger partial charge in [-0.3, -0.25) is 9.69 Å². The summed E-state index contributed by atoms with van der Waals surface area (Å²) < 4.78 is 10.3. The van der Waals surface area contributed by atoms with Crippen molar-refractivity contribution in [1.29, 1.82) is 0 Å². The molecular formula is C18H28N2O5. The summed E-state index contributed by atoms with van der Waals surface area (Å²) in [5, 5.41) is 9.20. The van der Waals surface area contributed by atoms with Crippen LogP contribution in [0.25, 0.3) is 5.57 Å². The Kier molecular flexibility index (Phi) is 7.86. The van der Waals surface area contributed by atoms with Crippen LogP contribution in [-0.4, -0.2) is 35.1 Å². The predicted molar refractivity (Wildman–Crippen MR) is 96.0 cm³/mol. The van der Waals surface area contributed by atoms with Gasteiger partial charge in [0, 0.05) is 17.7 Å². The lowest BCUT2D eigenvalue weighted by Gasteiger charge is -2.45. The Bertz CT molecular complexity index is 686. The molecule has 0 radical (unpaired) electrons. The summed E-state index contributed by atoms with van der Waals surface area (Å²) in [4.78, 5) is 24.5. The number of carbonyl (C=O) groups is 1. The maximum atomic E-state index is 11.5. The van der Waals surface area contributed by atoms with E-state index in [1.807, 2.05) is 45.9 Å². The highest BCUT2D eigenvalue weighted by Gasteiger charge is 2.46. The normalized spacial score (nSPS) is 23.3. The molecule has 0 aromatic carbocycles. The monoisotopic (exact) mass is 352 g/mol. The van der Waals surface area contributed by atoms with E-state index in [0.717, 1.165) is 5.57 Å². The molecule has 1 aromatic heterocycles. The highest BCUT2D eigenvalue weighted by atomic mass is 16.6. The number of allylic oxidation sites excluding steroid dienone is 4. The molecule has 1 heterocycles. The molecule has 1 aliphatic rings. The van der Waals surface area contributed by atoms with E-state index in [1.165, 1.54) is 0 Å². The van der Waals surface area contributed by atoms with Crippen molar-refractivity contribution in [2.45, 2.75) is 52.7 Å². The molecule has 3 N–H and O–H groups in total. The highest BCUT2D eigenvalue weighted by molar-refractivity contribution is 5.73. The van der Waals surface area contributed by atoms with E-state index in [-0.39, 0.29) is 18.6 Å². The van der Waals surface area contributed by atoms with Crippen LogP contribution < -0.4 is 11.6 Å². The average molecular weight is 352 g/mol. The Morgan fingerprint density at radius 2 is 2.00 bits per heavy atom. The van der Waals surface area contributed by atoms with Crippen LogP contribution in [0, 0.1) is 5.92 Å². The molecule has 1 fully saturated rings. The second kappa shape index (κ2) is 9.39. The number of likely N-dealkylation sites (N-methyl/N-ethyl adjacent to an activating group) is 1. The zero-order valence-corrected chi connectivity index (χ0v) is 15.5. The molecule has 1 aliphatic carbocycles. The van der Waals surface area contributed by atoms with Crippen LogP contribution in [0.15, 0.2) is 31.9 Å². The second-order valence-electron chi connectivity index (χ2n) is 5.70. The van der Waals surface area contributed by atoms with Crippen LogP contribution in [0.5, 0.6) is 0 Å². The molecule has 7 heteroatoms. The van der Waals surface area contributed by atoms with E-state index < -0.39 is 17.7 Å². The lowest BCUT2D eigenvalue weighted by atomic mass is 9.74. The summed E-state index contributed by atoms with van der Waals surface area (Å²) in [6.45, 7) is 7.94. The zero-order chi connectivity index (χ0) is 19.1. The quantitative estimate of drug-likeness (QED) is 0.757. The third-order valence-corrected chi connectivity index (χ3v) is 4.16. The topological polar surface area (TPSA) is 110 Å². The minimum Gasteiger partial charge on any atom is -0.481 e. The summed E-state index contributed by atoms with van der Waals surface area (Å²) >= 11 is 0. The summed E-state index contributed by atoms with van der Waals surface area (Å²) in [5.74, 6) is -1.41. The smallest absolute Gasteiger partial charge is 0.481 e. The predicted octanol–water partition coefficient (Wildman–Crippen LogP) is 2.47. The summed E-state index contributed by atoms with van der Waals surface area (Å²) in [5.41, 5.74) is 6.67. The van der Waals surface area contributed by atoms with Gasteiger partial charge < -0.3 is 19.7 Å². The van der Waals surface area contributed by atoms with Gasteiger partial charge in [-0.05, 0) is 27.3 Å². The third kappa shape index (κ3) is 4.70. The number of nitrogens with zero attached hydrogens (tertiary/aromatic N) is 1. The third-order valence-electron chi connectivity index (χ3n) is 4.16. The number of nitrogens with two attached hydrogens (primary N) is 1. The van der Waals surface area contributed by atoms with E-state index in [0.29, 0.717) is 17.9 Å². The summed E-state index contributed by atoms with van der Waals surface area (Å²) in [6, 6.07) is -0.503. The van der Waals surface area contributed by atoms with E-state index in [2.05, 4.69) is 0 Å².